The standard InChI is InChI=1S/C19H25N3O3/c23-18-17-12-16(20-8-10-21(11-9-20)19(24)25)7-6-14(17)13-22(18)15-4-2-1-3-5-15/h6-7,12,15H,1-5,8-11,13H2,(H,24,25). The second kappa shape index (κ2) is 6.58. The van der Waals surface area contributed by atoms with Gasteiger partial charge in [-0.05, 0) is 30.5 Å². The number of fused-ring (bicyclic) bond motifs is 1. The highest BCUT2D eigenvalue weighted by Gasteiger charge is 2.33. The van der Waals surface area contributed by atoms with Crippen molar-refractivity contribution in [3.05, 3.63) is 29.3 Å². The van der Waals surface area contributed by atoms with Crippen LogP contribution in [0.25, 0.3) is 0 Å². The van der Waals surface area contributed by atoms with Gasteiger partial charge in [-0.2, -0.15) is 0 Å². The van der Waals surface area contributed by atoms with Gasteiger partial charge in [0.2, 0.25) is 0 Å². The Morgan fingerprint density at radius 3 is 2.44 bits per heavy atom. The van der Waals surface area contributed by atoms with Crippen LogP contribution in [-0.4, -0.2) is 59.1 Å². The number of amides is 2. The van der Waals surface area contributed by atoms with Crippen molar-refractivity contribution in [1.29, 1.82) is 0 Å². The molecule has 1 saturated heterocycles. The van der Waals surface area contributed by atoms with E-state index in [2.05, 4.69) is 21.9 Å². The largest absolute Gasteiger partial charge is 0.465 e. The molecule has 0 atom stereocenters. The highest BCUT2D eigenvalue weighted by molar-refractivity contribution is 5.99. The quantitative estimate of drug-likeness (QED) is 0.897. The van der Waals surface area contributed by atoms with E-state index in [-0.39, 0.29) is 5.91 Å². The molecule has 6 nitrogen and oxygen atoms in total. The number of piperazine rings is 1. The smallest absolute Gasteiger partial charge is 0.407 e. The van der Waals surface area contributed by atoms with E-state index in [0.29, 0.717) is 32.2 Å². The van der Waals surface area contributed by atoms with Crippen molar-refractivity contribution in [3.8, 4) is 0 Å². The van der Waals surface area contributed by atoms with Gasteiger partial charge in [0.1, 0.15) is 0 Å². The molecule has 1 saturated carbocycles. The summed E-state index contributed by atoms with van der Waals surface area (Å²) in [6, 6.07) is 6.56. The Kier molecular flexibility index (Phi) is 4.27. The Bertz CT molecular complexity index is 676. The van der Waals surface area contributed by atoms with Crippen LogP contribution in [-0.2, 0) is 6.54 Å². The lowest BCUT2D eigenvalue weighted by Crippen LogP contribution is -2.48. The van der Waals surface area contributed by atoms with E-state index in [1.165, 1.54) is 24.2 Å². The lowest BCUT2D eigenvalue weighted by atomic mass is 9.94. The summed E-state index contributed by atoms with van der Waals surface area (Å²) in [4.78, 5) is 29.6. The van der Waals surface area contributed by atoms with Crippen molar-refractivity contribution in [2.45, 2.75) is 44.7 Å². The van der Waals surface area contributed by atoms with Crippen molar-refractivity contribution in [3.63, 3.8) is 0 Å². The zero-order chi connectivity index (χ0) is 17.4. The second-order valence-electron chi connectivity index (χ2n) is 7.32. The predicted molar refractivity (Wildman–Crippen MR) is 95.0 cm³/mol. The molecule has 2 aliphatic heterocycles. The number of hydrogen-bond donors (Lipinski definition) is 1. The Morgan fingerprint density at radius 1 is 1.04 bits per heavy atom. The summed E-state index contributed by atoms with van der Waals surface area (Å²) in [6.07, 6.45) is 5.14. The summed E-state index contributed by atoms with van der Waals surface area (Å²) in [7, 11) is 0. The van der Waals surface area contributed by atoms with E-state index in [0.717, 1.165) is 36.2 Å². The number of hydrogen-bond acceptors (Lipinski definition) is 3. The van der Waals surface area contributed by atoms with E-state index in [1.807, 2.05) is 6.07 Å². The van der Waals surface area contributed by atoms with Crippen LogP contribution in [0, 0.1) is 0 Å². The van der Waals surface area contributed by atoms with Gasteiger partial charge in [-0.15, -0.1) is 0 Å². The van der Waals surface area contributed by atoms with Crippen molar-refractivity contribution in [1.82, 2.24) is 9.80 Å². The van der Waals surface area contributed by atoms with Gasteiger partial charge < -0.3 is 19.8 Å². The normalized spacial score (nSPS) is 21.6. The first-order valence-electron chi connectivity index (χ1n) is 9.30. The van der Waals surface area contributed by atoms with E-state index >= 15 is 0 Å². The first-order valence-corrected chi connectivity index (χ1v) is 9.30. The van der Waals surface area contributed by atoms with Crippen LogP contribution in [0.15, 0.2) is 18.2 Å². The number of anilines is 1. The zero-order valence-electron chi connectivity index (χ0n) is 14.5. The van der Waals surface area contributed by atoms with E-state index < -0.39 is 6.09 Å². The molecule has 0 unspecified atom stereocenters. The van der Waals surface area contributed by atoms with Gasteiger partial charge in [0, 0.05) is 50.0 Å². The molecule has 0 aromatic heterocycles. The number of benzene rings is 1. The molecule has 25 heavy (non-hydrogen) atoms. The van der Waals surface area contributed by atoms with E-state index in [4.69, 9.17) is 5.11 Å². The Balaban J connectivity index is 1.48. The summed E-state index contributed by atoms with van der Waals surface area (Å²) in [5.74, 6) is 0.174. The molecule has 0 bridgehead atoms. The molecule has 6 heteroatoms. The number of rotatable bonds is 2. The molecule has 0 spiro atoms. The minimum absolute atomic E-state index is 0.174. The van der Waals surface area contributed by atoms with Gasteiger partial charge in [0.25, 0.3) is 5.91 Å². The number of carbonyl (C=O) groups is 2. The minimum atomic E-state index is -0.855. The molecule has 1 N–H and O–H groups in total. The lowest BCUT2D eigenvalue weighted by molar-refractivity contribution is 0.0660. The third-order valence-electron chi connectivity index (χ3n) is 5.86. The molecular formula is C19H25N3O3. The first kappa shape index (κ1) is 16.2. The van der Waals surface area contributed by atoms with Crippen molar-refractivity contribution in [2.24, 2.45) is 0 Å². The topological polar surface area (TPSA) is 64.1 Å². The molecule has 1 aliphatic carbocycles. The molecular weight excluding hydrogens is 318 g/mol. The SMILES string of the molecule is O=C(O)N1CCN(c2ccc3c(c2)C(=O)N(C2CCCCC2)C3)CC1. The van der Waals surface area contributed by atoms with E-state index in [1.54, 1.807) is 0 Å². The average molecular weight is 343 g/mol. The van der Waals surface area contributed by atoms with Gasteiger partial charge in [-0.1, -0.05) is 25.3 Å². The molecule has 2 fully saturated rings. The monoisotopic (exact) mass is 343 g/mol. The van der Waals surface area contributed by atoms with Crippen LogP contribution in [0.1, 0.15) is 48.0 Å². The summed E-state index contributed by atoms with van der Waals surface area (Å²) >= 11 is 0. The van der Waals surface area contributed by atoms with Crippen LogP contribution in [0.2, 0.25) is 0 Å². The van der Waals surface area contributed by atoms with Gasteiger partial charge in [0.05, 0.1) is 0 Å². The second-order valence-corrected chi connectivity index (χ2v) is 7.32. The van der Waals surface area contributed by atoms with Crippen LogP contribution in [0.3, 0.4) is 0 Å². The number of nitrogens with zero attached hydrogens (tertiary/aromatic N) is 3. The average Bonchev–Trinajstić information content (AvgIpc) is 2.99. The zero-order valence-corrected chi connectivity index (χ0v) is 14.5. The molecule has 1 aromatic carbocycles. The fourth-order valence-electron chi connectivity index (χ4n) is 4.35. The summed E-state index contributed by atoms with van der Waals surface area (Å²) < 4.78 is 0. The maximum absolute atomic E-state index is 12.9. The van der Waals surface area contributed by atoms with Crippen LogP contribution in [0.4, 0.5) is 10.5 Å². The first-order chi connectivity index (χ1) is 12.1. The van der Waals surface area contributed by atoms with Gasteiger partial charge in [0.15, 0.2) is 0 Å². The van der Waals surface area contributed by atoms with Gasteiger partial charge in [-0.25, -0.2) is 4.79 Å². The molecule has 1 aromatic rings. The van der Waals surface area contributed by atoms with Crippen LogP contribution in [0.5, 0.6) is 0 Å². The maximum Gasteiger partial charge on any atom is 0.407 e. The molecule has 2 amide bonds. The summed E-state index contributed by atoms with van der Waals surface area (Å²) in [5, 5.41) is 9.07. The molecule has 134 valence electrons. The molecule has 2 heterocycles. The van der Waals surface area contributed by atoms with Gasteiger partial charge >= 0.3 is 6.09 Å². The van der Waals surface area contributed by atoms with Crippen molar-refractivity contribution >= 4 is 17.7 Å². The molecule has 0 radical (unpaired) electrons. The highest BCUT2D eigenvalue weighted by atomic mass is 16.4. The summed E-state index contributed by atoms with van der Waals surface area (Å²) in [6.45, 7) is 3.10. The third kappa shape index (κ3) is 3.05. The molecule has 4 rings (SSSR count). The Labute approximate surface area is 148 Å². The molecule has 3 aliphatic rings. The van der Waals surface area contributed by atoms with Crippen LogP contribution < -0.4 is 4.90 Å². The maximum atomic E-state index is 12.9. The number of carbonyl (C=O) groups excluding carboxylic acids is 1. The van der Waals surface area contributed by atoms with Crippen LogP contribution >= 0.6 is 0 Å². The fourth-order valence-corrected chi connectivity index (χ4v) is 4.35. The minimum Gasteiger partial charge on any atom is -0.465 e. The highest BCUT2D eigenvalue weighted by Crippen LogP contribution is 2.33. The predicted octanol–water partition coefficient (Wildman–Crippen LogP) is 2.78. The summed E-state index contributed by atoms with van der Waals surface area (Å²) in [5.41, 5.74) is 3.00. The Hall–Kier alpha value is -2.24. The van der Waals surface area contributed by atoms with E-state index in [9.17, 15) is 9.59 Å². The lowest BCUT2D eigenvalue weighted by Gasteiger charge is -2.34. The third-order valence-corrected chi connectivity index (χ3v) is 5.86. The van der Waals surface area contributed by atoms with Crippen molar-refractivity contribution < 1.29 is 14.7 Å². The Morgan fingerprint density at radius 2 is 1.76 bits per heavy atom. The van der Waals surface area contributed by atoms with Gasteiger partial charge in [-0.3, -0.25) is 4.79 Å². The number of carboxylic acid groups (broad SMARTS) is 1. The van der Waals surface area contributed by atoms with Crippen molar-refractivity contribution in [2.75, 3.05) is 31.1 Å². The fraction of sp³-hybridized carbons (Fsp3) is 0.579.